The van der Waals surface area contributed by atoms with Crippen LogP contribution in [0.3, 0.4) is 0 Å². The molecule has 0 aliphatic carbocycles. The van der Waals surface area contributed by atoms with Crippen molar-refractivity contribution in [2.45, 2.75) is 83.8 Å². The van der Waals surface area contributed by atoms with Gasteiger partial charge < -0.3 is 28.5 Å². The van der Waals surface area contributed by atoms with Crippen LogP contribution in [-0.2, 0) is 26.5 Å². The van der Waals surface area contributed by atoms with Gasteiger partial charge in [-0.15, -0.1) is 0 Å². The van der Waals surface area contributed by atoms with Crippen LogP contribution >= 0.6 is 0 Å². The number of hydrogen-bond donors (Lipinski definition) is 1. The number of ether oxygens (including phenoxy) is 2. The van der Waals surface area contributed by atoms with Crippen LogP contribution in [0.4, 0.5) is 21.2 Å². The maximum atomic E-state index is 16.9. The highest BCUT2D eigenvalue weighted by molar-refractivity contribution is 6.72. The van der Waals surface area contributed by atoms with Gasteiger partial charge in [0, 0.05) is 42.3 Å². The predicted octanol–water partition coefficient (Wildman–Crippen LogP) is 10.00. The van der Waals surface area contributed by atoms with Gasteiger partial charge in [-0.1, -0.05) is 84.8 Å². The number of anilines is 3. The van der Waals surface area contributed by atoms with E-state index in [4.69, 9.17) is 9.47 Å². The summed E-state index contributed by atoms with van der Waals surface area (Å²) in [7, 11) is -3.64. The van der Waals surface area contributed by atoms with Gasteiger partial charge in [0.25, 0.3) is 11.8 Å². The first-order valence-corrected chi connectivity index (χ1v) is 23.4. The van der Waals surface area contributed by atoms with E-state index in [1.54, 1.807) is 46.0 Å². The smallest absolute Gasteiger partial charge is 0.266 e. The van der Waals surface area contributed by atoms with Gasteiger partial charge in [-0.2, -0.15) is 0 Å². The molecule has 1 fully saturated rings. The summed E-state index contributed by atoms with van der Waals surface area (Å²) in [6, 6.07) is 29.4. The maximum Gasteiger partial charge on any atom is 0.266 e. The molecule has 3 heterocycles. The largest absolute Gasteiger partial charge is 0.454 e. The molecule has 3 aliphatic heterocycles. The number of hydrogen-bond acceptors (Lipinski definition) is 6. The van der Waals surface area contributed by atoms with E-state index in [1.807, 2.05) is 85.8 Å². The van der Waals surface area contributed by atoms with Gasteiger partial charge in [0.1, 0.15) is 5.75 Å². The van der Waals surface area contributed by atoms with Gasteiger partial charge in [0.05, 0.1) is 36.1 Å². The fourth-order valence-electron chi connectivity index (χ4n) is 9.08. The van der Waals surface area contributed by atoms with Crippen LogP contribution in [0.5, 0.6) is 11.5 Å². The summed E-state index contributed by atoms with van der Waals surface area (Å²) < 4.78 is 30.2. The summed E-state index contributed by atoms with van der Waals surface area (Å²) >= 11 is 0. The van der Waals surface area contributed by atoms with Gasteiger partial charge in [0.2, 0.25) is 14.3 Å². The third-order valence-electron chi connectivity index (χ3n) is 11.9. The highest BCUT2D eigenvalue weighted by atomic mass is 28.4. The number of benzene rings is 4. The van der Waals surface area contributed by atoms with Gasteiger partial charge in [-0.25, -0.2) is 0 Å². The number of aliphatic hydroxyl groups excluding tert-OH is 1. The van der Waals surface area contributed by atoms with E-state index in [0.29, 0.717) is 39.7 Å². The number of carbonyl (C=O) groups excluding carboxylic acids is 3. The van der Waals surface area contributed by atoms with Gasteiger partial charge in [0.15, 0.2) is 11.4 Å². The Bertz CT molecular complexity index is 2290. The second kappa shape index (κ2) is 17.1. The van der Waals surface area contributed by atoms with Crippen molar-refractivity contribution in [1.29, 1.82) is 0 Å². The van der Waals surface area contributed by atoms with Crippen LogP contribution in [0, 0.1) is 5.92 Å². The predicted molar refractivity (Wildman–Crippen MR) is 232 cm³/mol. The lowest BCUT2D eigenvalue weighted by Gasteiger charge is -2.31. The summed E-state index contributed by atoms with van der Waals surface area (Å²) in [5.74, 6) is -0.674. The Kier molecular flexibility index (Phi) is 12.1. The Hall–Kier alpha value is -5.36. The molecule has 0 radical (unpaired) electrons. The number of amides is 3. The van der Waals surface area contributed by atoms with Crippen LogP contribution in [0.15, 0.2) is 120 Å². The Morgan fingerprint density at radius 3 is 2.32 bits per heavy atom. The molecule has 59 heavy (non-hydrogen) atoms. The molecule has 9 nitrogen and oxygen atoms in total. The zero-order chi connectivity index (χ0) is 42.1. The number of carbonyl (C=O) groups is 3. The van der Waals surface area contributed by atoms with Crippen LogP contribution in [0.1, 0.15) is 68.4 Å². The SMILES string of the molecule is CC(C)=CCC/C(C)=C/CN1C(=O)[C@@]2(O[C@@H](CC(=O)N(CCO)Cc3ccccc3)[C@H]([Si](C)(C)F)[C@H]2C)c2cc(N3C(=O)c4ccccc4Oc4ccccc43)ccc21. The summed E-state index contributed by atoms with van der Waals surface area (Å²) in [6.45, 7) is 11.7. The second-order valence-electron chi connectivity index (χ2n) is 16.7. The molecule has 3 amide bonds. The van der Waals surface area contributed by atoms with Crippen molar-refractivity contribution in [2.24, 2.45) is 5.92 Å². The molecule has 308 valence electrons. The number of para-hydroxylation sites is 3. The number of nitrogens with zero attached hydrogens (tertiary/aromatic N) is 3. The molecule has 0 bridgehead atoms. The molecule has 7 rings (SSSR count). The molecule has 0 unspecified atom stereocenters. The second-order valence-corrected chi connectivity index (χ2v) is 20.5. The van der Waals surface area contributed by atoms with Crippen LogP contribution in [0.25, 0.3) is 0 Å². The molecule has 11 heteroatoms. The summed E-state index contributed by atoms with van der Waals surface area (Å²) in [5, 5.41) is 9.96. The zero-order valence-electron chi connectivity index (χ0n) is 34.8. The first kappa shape index (κ1) is 41.8. The minimum Gasteiger partial charge on any atom is -0.454 e. The molecule has 4 aromatic carbocycles. The Morgan fingerprint density at radius 2 is 1.61 bits per heavy atom. The fraction of sp³-hybridized carbons (Fsp3) is 0.354. The van der Waals surface area contributed by atoms with E-state index in [0.717, 1.165) is 24.0 Å². The van der Waals surface area contributed by atoms with Crippen molar-refractivity contribution in [3.8, 4) is 11.5 Å². The minimum atomic E-state index is -3.64. The van der Waals surface area contributed by atoms with E-state index >= 15 is 8.90 Å². The molecule has 4 atom stereocenters. The molecule has 1 N–H and O–H groups in total. The average molecular weight is 816 g/mol. The standard InChI is InChI=1S/C48H54FN3O6Si/c1-32(2)15-14-16-33(3)25-26-51-39-24-23-36(52-40-20-11-13-22-42(40)57-41-21-12-10-19-37(41)46(52)55)29-38(39)48(47(51)56)34(4)45(59(5,6)49)43(58-48)30-44(54)50(27-28-53)31-35-17-8-7-9-18-35/h7-13,15,17-25,29,34,43,45,53H,14,16,26-28,30-31H2,1-6H3/b33-25+/t34-,43+,45-,48+/m1/s1. The number of allylic oxidation sites excluding steroid dienone is 3. The third kappa shape index (κ3) is 8.16. The molecule has 0 aromatic heterocycles. The van der Waals surface area contributed by atoms with Gasteiger partial charge >= 0.3 is 0 Å². The lowest BCUT2D eigenvalue weighted by Crippen LogP contribution is -2.45. The summed E-state index contributed by atoms with van der Waals surface area (Å²) in [4.78, 5) is 48.9. The highest BCUT2D eigenvalue weighted by Crippen LogP contribution is 2.61. The Balaban J connectivity index is 1.33. The molecule has 4 aromatic rings. The van der Waals surface area contributed by atoms with E-state index in [-0.39, 0.29) is 50.4 Å². The average Bonchev–Trinajstić information content (AvgIpc) is 3.58. The van der Waals surface area contributed by atoms with Crippen molar-refractivity contribution < 1.29 is 33.1 Å². The maximum absolute atomic E-state index is 16.9. The fourth-order valence-corrected chi connectivity index (χ4v) is 11.6. The quantitative estimate of drug-likeness (QED) is 0.0820. The molecular weight excluding hydrogens is 762 g/mol. The Morgan fingerprint density at radius 1 is 0.915 bits per heavy atom. The van der Waals surface area contributed by atoms with Crippen molar-refractivity contribution in [3.63, 3.8) is 0 Å². The summed E-state index contributed by atoms with van der Waals surface area (Å²) in [6.07, 6.45) is 4.86. The van der Waals surface area contributed by atoms with Crippen LogP contribution in [0.2, 0.25) is 18.6 Å². The first-order chi connectivity index (χ1) is 28.2. The number of rotatable bonds is 13. The van der Waals surface area contributed by atoms with Crippen molar-refractivity contribution >= 4 is 43.2 Å². The number of fused-ring (bicyclic) bond motifs is 4. The minimum absolute atomic E-state index is 0.0959. The van der Waals surface area contributed by atoms with E-state index in [9.17, 15) is 14.7 Å². The van der Waals surface area contributed by atoms with E-state index in [2.05, 4.69) is 32.9 Å². The number of aliphatic hydroxyl groups is 1. The molecular formula is C48H54FN3O6Si. The monoisotopic (exact) mass is 815 g/mol. The highest BCUT2D eigenvalue weighted by Gasteiger charge is 2.67. The van der Waals surface area contributed by atoms with Crippen molar-refractivity contribution in [2.75, 3.05) is 29.5 Å². The van der Waals surface area contributed by atoms with Gasteiger partial charge in [-0.05, 0) is 94.7 Å². The van der Waals surface area contributed by atoms with Crippen LogP contribution < -0.4 is 14.5 Å². The molecule has 0 saturated carbocycles. The summed E-state index contributed by atoms with van der Waals surface area (Å²) in [5.41, 5.74) is 3.42. The zero-order valence-corrected chi connectivity index (χ0v) is 35.8. The first-order valence-electron chi connectivity index (χ1n) is 20.5. The van der Waals surface area contributed by atoms with Crippen molar-refractivity contribution in [3.05, 3.63) is 137 Å². The third-order valence-corrected chi connectivity index (χ3v) is 14.3. The van der Waals surface area contributed by atoms with Gasteiger partial charge in [-0.3, -0.25) is 19.3 Å². The normalized spacial score (nSPS) is 21.2. The van der Waals surface area contributed by atoms with Crippen LogP contribution in [-0.4, -0.2) is 61.9 Å². The Labute approximate surface area is 347 Å². The van der Waals surface area contributed by atoms with E-state index < -0.39 is 31.6 Å². The molecule has 1 spiro atoms. The van der Waals surface area contributed by atoms with Crippen molar-refractivity contribution in [1.82, 2.24) is 4.90 Å². The topological polar surface area (TPSA) is 99.6 Å². The lowest BCUT2D eigenvalue weighted by molar-refractivity contribution is -0.149. The molecule has 1 saturated heterocycles. The molecule has 3 aliphatic rings. The number of halogens is 1. The van der Waals surface area contributed by atoms with E-state index in [1.165, 1.54) is 5.57 Å². The lowest BCUT2D eigenvalue weighted by atomic mass is 9.82.